The number of rotatable bonds is 9. The molecule has 0 bridgehead atoms. The summed E-state index contributed by atoms with van der Waals surface area (Å²) in [6.07, 6.45) is 6.59. The third-order valence-electron chi connectivity index (χ3n) is 2.89. The Morgan fingerprint density at radius 1 is 1.24 bits per heavy atom. The van der Waals surface area contributed by atoms with Gasteiger partial charge in [0.25, 0.3) is 0 Å². The second-order valence-electron chi connectivity index (χ2n) is 4.98. The van der Waals surface area contributed by atoms with Crippen LogP contribution in [0.25, 0.3) is 0 Å². The fourth-order valence-corrected chi connectivity index (χ4v) is 1.70. The van der Waals surface area contributed by atoms with E-state index >= 15 is 0 Å². The van der Waals surface area contributed by atoms with Gasteiger partial charge in [-0.2, -0.15) is 5.26 Å². The fraction of sp³-hybridized carbons (Fsp3) is 0.857. The van der Waals surface area contributed by atoms with Gasteiger partial charge in [0.05, 0.1) is 6.07 Å². The van der Waals surface area contributed by atoms with Crippen molar-refractivity contribution in [2.75, 3.05) is 6.54 Å². The molecule has 0 aromatic carbocycles. The molecule has 1 N–H and O–H groups in total. The third kappa shape index (κ3) is 8.74. The van der Waals surface area contributed by atoms with Gasteiger partial charge in [-0.25, -0.2) is 0 Å². The number of unbranched alkanes of at least 4 members (excludes halogenated alkanes) is 3. The highest BCUT2D eigenvalue weighted by molar-refractivity contribution is 5.80. The first-order valence-electron chi connectivity index (χ1n) is 6.79. The van der Waals surface area contributed by atoms with Gasteiger partial charge in [0.2, 0.25) is 5.91 Å². The average Bonchev–Trinajstić information content (AvgIpc) is 2.29. The van der Waals surface area contributed by atoms with Crippen LogP contribution in [0.4, 0.5) is 0 Å². The molecule has 98 valence electrons. The van der Waals surface area contributed by atoms with Gasteiger partial charge in [0, 0.05) is 6.54 Å². The van der Waals surface area contributed by atoms with Crippen LogP contribution in [0.15, 0.2) is 0 Å². The summed E-state index contributed by atoms with van der Waals surface area (Å²) in [5, 5.41) is 11.5. The van der Waals surface area contributed by atoms with Gasteiger partial charge in [-0.15, -0.1) is 0 Å². The Bertz CT molecular complexity index is 243. The van der Waals surface area contributed by atoms with Crippen molar-refractivity contribution in [1.82, 2.24) is 5.32 Å². The van der Waals surface area contributed by atoms with Gasteiger partial charge in [-0.3, -0.25) is 4.79 Å². The van der Waals surface area contributed by atoms with E-state index in [0.717, 1.165) is 18.8 Å². The predicted molar refractivity (Wildman–Crippen MR) is 70.3 cm³/mol. The van der Waals surface area contributed by atoms with E-state index in [-0.39, 0.29) is 5.91 Å². The van der Waals surface area contributed by atoms with E-state index in [0.29, 0.717) is 13.0 Å². The number of nitrogens with zero attached hydrogens (tertiary/aromatic N) is 1. The molecule has 0 fully saturated rings. The number of hydrogen-bond donors (Lipinski definition) is 1. The number of hydrogen-bond acceptors (Lipinski definition) is 2. The van der Waals surface area contributed by atoms with E-state index in [1.165, 1.54) is 19.3 Å². The Kier molecular flexibility index (Phi) is 9.52. The second kappa shape index (κ2) is 10.1. The van der Waals surface area contributed by atoms with Gasteiger partial charge in [0.15, 0.2) is 0 Å². The Morgan fingerprint density at radius 2 is 1.88 bits per heavy atom. The molecule has 0 saturated carbocycles. The van der Waals surface area contributed by atoms with Gasteiger partial charge < -0.3 is 5.32 Å². The molecule has 0 aromatic heterocycles. The minimum absolute atomic E-state index is 0.114. The van der Waals surface area contributed by atoms with E-state index in [2.05, 4.69) is 19.2 Å². The lowest BCUT2D eigenvalue weighted by molar-refractivity contribution is -0.123. The van der Waals surface area contributed by atoms with E-state index in [9.17, 15) is 4.79 Å². The van der Waals surface area contributed by atoms with Crippen LogP contribution in [0.2, 0.25) is 0 Å². The summed E-state index contributed by atoms with van der Waals surface area (Å²) in [7, 11) is 0. The van der Waals surface area contributed by atoms with Crippen molar-refractivity contribution in [1.29, 1.82) is 5.26 Å². The Morgan fingerprint density at radius 3 is 2.41 bits per heavy atom. The molecule has 3 heteroatoms. The molecular formula is C14H26N2O. The largest absolute Gasteiger partial charge is 0.355 e. The van der Waals surface area contributed by atoms with Gasteiger partial charge >= 0.3 is 0 Å². The average molecular weight is 238 g/mol. The lowest BCUT2D eigenvalue weighted by Gasteiger charge is -2.08. The van der Waals surface area contributed by atoms with Crippen LogP contribution in [-0.4, -0.2) is 12.5 Å². The van der Waals surface area contributed by atoms with Crippen LogP contribution in [0.3, 0.4) is 0 Å². The number of carbonyl (C=O) groups is 1. The lowest BCUT2D eigenvalue weighted by Crippen LogP contribution is -2.30. The highest BCUT2D eigenvalue weighted by Crippen LogP contribution is 2.09. The molecule has 0 heterocycles. The highest BCUT2D eigenvalue weighted by Gasteiger charge is 2.13. The molecule has 0 rings (SSSR count). The van der Waals surface area contributed by atoms with Crippen molar-refractivity contribution in [2.24, 2.45) is 11.8 Å². The maximum atomic E-state index is 11.4. The summed E-state index contributed by atoms with van der Waals surface area (Å²) in [6.45, 7) is 7.05. The number of nitriles is 1. The smallest absolute Gasteiger partial charge is 0.237 e. The quantitative estimate of drug-likeness (QED) is 0.627. The second-order valence-corrected chi connectivity index (χ2v) is 4.98. The van der Waals surface area contributed by atoms with Crippen molar-refractivity contribution < 1.29 is 4.79 Å². The monoisotopic (exact) mass is 238 g/mol. The summed E-state index contributed by atoms with van der Waals surface area (Å²) >= 11 is 0. The summed E-state index contributed by atoms with van der Waals surface area (Å²) in [5.41, 5.74) is 0. The van der Waals surface area contributed by atoms with E-state index in [1.807, 2.05) is 13.0 Å². The summed E-state index contributed by atoms with van der Waals surface area (Å²) in [6, 6.07) is 2.01. The molecule has 0 aromatic rings. The molecule has 0 aliphatic heterocycles. The van der Waals surface area contributed by atoms with Crippen LogP contribution in [0.5, 0.6) is 0 Å². The third-order valence-corrected chi connectivity index (χ3v) is 2.89. The molecule has 17 heavy (non-hydrogen) atoms. The molecule has 0 aliphatic carbocycles. The first kappa shape index (κ1) is 16.0. The molecule has 0 spiro atoms. The molecule has 3 nitrogen and oxygen atoms in total. The molecule has 0 saturated heterocycles. The maximum absolute atomic E-state index is 11.4. The van der Waals surface area contributed by atoms with Gasteiger partial charge in [-0.05, 0) is 18.8 Å². The minimum atomic E-state index is -0.476. The summed E-state index contributed by atoms with van der Waals surface area (Å²) < 4.78 is 0. The van der Waals surface area contributed by atoms with Crippen molar-refractivity contribution in [3.05, 3.63) is 0 Å². The first-order chi connectivity index (χ1) is 8.11. The van der Waals surface area contributed by atoms with E-state index in [1.54, 1.807) is 0 Å². The zero-order chi connectivity index (χ0) is 13.1. The Hall–Kier alpha value is -1.04. The number of amides is 1. The topological polar surface area (TPSA) is 52.9 Å². The molecular weight excluding hydrogens is 212 g/mol. The fourth-order valence-electron chi connectivity index (χ4n) is 1.70. The molecule has 1 atom stereocenters. The number of nitrogens with one attached hydrogen (secondary N) is 1. The van der Waals surface area contributed by atoms with Crippen LogP contribution < -0.4 is 5.32 Å². The summed E-state index contributed by atoms with van der Waals surface area (Å²) in [5.74, 6) is 0.198. The van der Waals surface area contributed by atoms with E-state index < -0.39 is 5.92 Å². The zero-order valence-corrected chi connectivity index (χ0v) is 11.5. The first-order valence-corrected chi connectivity index (χ1v) is 6.79. The Balaban J connectivity index is 3.40. The van der Waals surface area contributed by atoms with Crippen molar-refractivity contribution >= 4 is 5.91 Å². The summed E-state index contributed by atoms with van der Waals surface area (Å²) in [4.78, 5) is 11.4. The molecule has 0 aliphatic rings. The van der Waals surface area contributed by atoms with E-state index in [4.69, 9.17) is 5.26 Å². The van der Waals surface area contributed by atoms with Crippen molar-refractivity contribution in [3.8, 4) is 6.07 Å². The van der Waals surface area contributed by atoms with Crippen molar-refractivity contribution in [3.63, 3.8) is 0 Å². The molecule has 0 radical (unpaired) electrons. The molecule has 1 amide bonds. The predicted octanol–water partition coefficient (Wildman–Crippen LogP) is 3.26. The molecule has 1 unspecified atom stereocenters. The number of carbonyl (C=O) groups excluding carboxylic acids is 1. The van der Waals surface area contributed by atoms with Crippen LogP contribution in [0, 0.1) is 23.2 Å². The van der Waals surface area contributed by atoms with Gasteiger partial charge in [0.1, 0.15) is 5.92 Å². The standard InChI is InChI=1S/C14H26N2O/c1-4-13(11-15)14(17)16-10-8-6-5-7-9-12(2)3/h12-13H,4-10H2,1-3H3,(H,16,17). The minimum Gasteiger partial charge on any atom is -0.355 e. The maximum Gasteiger partial charge on any atom is 0.237 e. The van der Waals surface area contributed by atoms with Crippen LogP contribution in [-0.2, 0) is 4.79 Å². The van der Waals surface area contributed by atoms with Crippen LogP contribution >= 0.6 is 0 Å². The highest BCUT2D eigenvalue weighted by atomic mass is 16.1. The SMILES string of the molecule is CCC(C#N)C(=O)NCCCCCCC(C)C. The van der Waals surface area contributed by atoms with Crippen LogP contribution in [0.1, 0.15) is 59.3 Å². The normalized spacial score (nSPS) is 12.2. The zero-order valence-electron chi connectivity index (χ0n) is 11.5. The van der Waals surface area contributed by atoms with Crippen molar-refractivity contribution in [2.45, 2.75) is 59.3 Å². The van der Waals surface area contributed by atoms with Gasteiger partial charge in [-0.1, -0.05) is 46.5 Å². The lowest BCUT2D eigenvalue weighted by atomic mass is 10.0. The Labute approximate surface area is 106 Å².